The Morgan fingerprint density at radius 3 is 2.28 bits per heavy atom. The fraction of sp³-hybridized carbons (Fsp3) is 0.360. The third kappa shape index (κ3) is 4.61. The molecule has 36 heavy (non-hydrogen) atoms. The van der Waals surface area contributed by atoms with E-state index in [1.165, 1.54) is 17.0 Å². The zero-order chi connectivity index (χ0) is 25.6. The molecule has 3 heterocycles. The third-order valence-corrected chi connectivity index (χ3v) is 7.09. The summed E-state index contributed by atoms with van der Waals surface area (Å²) in [5.74, 6) is -0.860. The third-order valence-electron chi connectivity index (χ3n) is 6.74. The minimum atomic E-state index is -4.57. The molecule has 0 radical (unpaired) electrons. The molecule has 0 unspecified atom stereocenters. The van der Waals surface area contributed by atoms with E-state index in [2.05, 4.69) is 10.4 Å². The molecule has 1 amide bonds. The van der Waals surface area contributed by atoms with Crippen molar-refractivity contribution in [1.29, 1.82) is 0 Å². The Bertz CT molecular complexity index is 1250. The van der Waals surface area contributed by atoms with Gasteiger partial charge in [0.2, 0.25) is 0 Å². The van der Waals surface area contributed by atoms with Gasteiger partial charge in [0.15, 0.2) is 11.7 Å². The molecular formula is C25H24ClF4N5O. The molecule has 2 aliphatic rings. The maximum Gasteiger partial charge on any atom is 0.410 e. The molecule has 1 saturated heterocycles. The molecule has 3 aromatic rings. The number of rotatable bonds is 3. The van der Waals surface area contributed by atoms with Gasteiger partial charge in [-0.05, 0) is 36.8 Å². The molecule has 0 saturated carbocycles. The molecule has 11 heteroatoms. The van der Waals surface area contributed by atoms with Crippen molar-refractivity contribution in [3.8, 4) is 0 Å². The molecule has 2 aromatic carbocycles. The van der Waals surface area contributed by atoms with Gasteiger partial charge in [-0.25, -0.2) is 9.07 Å². The van der Waals surface area contributed by atoms with Crippen LogP contribution < -0.4 is 10.2 Å². The number of benzene rings is 2. The van der Waals surface area contributed by atoms with Crippen molar-refractivity contribution < 1.29 is 22.4 Å². The molecule has 5 rings (SSSR count). The number of aryl methyl sites for hydroxylation is 1. The van der Waals surface area contributed by atoms with Gasteiger partial charge in [0.1, 0.15) is 16.7 Å². The number of alkyl halides is 3. The molecule has 1 aromatic heterocycles. The van der Waals surface area contributed by atoms with Crippen molar-refractivity contribution >= 4 is 29.0 Å². The number of fused-ring (bicyclic) bond motifs is 1. The molecule has 190 valence electrons. The zero-order valence-corrected chi connectivity index (χ0v) is 20.2. The second-order valence-corrected chi connectivity index (χ2v) is 9.49. The average Bonchev–Trinajstić information content (AvgIpc) is 3.19. The Kier molecular flexibility index (Phi) is 6.32. The molecular weight excluding hydrogens is 498 g/mol. The van der Waals surface area contributed by atoms with Gasteiger partial charge < -0.3 is 15.1 Å². The number of carbonyl (C=O) groups is 1. The number of nitrogens with zero attached hydrogens (tertiary/aromatic N) is 4. The van der Waals surface area contributed by atoms with Gasteiger partial charge in [-0.2, -0.15) is 18.3 Å². The monoisotopic (exact) mass is 521 g/mol. The van der Waals surface area contributed by atoms with E-state index in [0.29, 0.717) is 31.7 Å². The quantitative estimate of drug-likeness (QED) is 0.455. The molecule has 0 bridgehead atoms. The number of anilines is 2. The van der Waals surface area contributed by atoms with E-state index in [0.717, 1.165) is 15.9 Å². The maximum absolute atomic E-state index is 14.0. The summed E-state index contributed by atoms with van der Waals surface area (Å²) in [7, 11) is 0. The minimum Gasteiger partial charge on any atom is -0.368 e. The van der Waals surface area contributed by atoms with Gasteiger partial charge in [0, 0.05) is 38.3 Å². The summed E-state index contributed by atoms with van der Waals surface area (Å²) in [5.41, 5.74) is 2.33. The minimum absolute atomic E-state index is 0.0101. The first-order valence-corrected chi connectivity index (χ1v) is 12.0. The molecule has 1 fully saturated rings. The van der Waals surface area contributed by atoms with Crippen molar-refractivity contribution in [2.75, 3.05) is 36.4 Å². The number of aromatic nitrogens is 2. The van der Waals surface area contributed by atoms with E-state index in [1.807, 2.05) is 24.0 Å². The summed E-state index contributed by atoms with van der Waals surface area (Å²) < 4.78 is 56.1. The number of carbonyl (C=O) groups excluding carboxylic acids is 1. The number of piperazine rings is 1. The normalized spacial score (nSPS) is 20.2. The number of halogens is 5. The van der Waals surface area contributed by atoms with Crippen molar-refractivity contribution in [3.05, 3.63) is 76.2 Å². The topological polar surface area (TPSA) is 53.4 Å². The number of amides is 1. The van der Waals surface area contributed by atoms with E-state index in [-0.39, 0.29) is 28.8 Å². The Morgan fingerprint density at radius 1 is 1.03 bits per heavy atom. The highest BCUT2D eigenvalue weighted by Crippen LogP contribution is 2.46. The molecule has 0 aliphatic carbocycles. The predicted octanol–water partition coefficient (Wildman–Crippen LogP) is 5.61. The molecule has 2 aliphatic heterocycles. The Morgan fingerprint density at radius 2 is 1.67 bits per heavy atom. The van der Waals surface area contributed by atoms with Gasteiger partial charge in [-0.1, -0.05) is 41.4 Å². The summed E-state index contributed by atoms with van der Waals surface area (Å²) in [6.07, 6.45) is -4.85. The Hall–Kier alpha value is -3.27. The van der Waals surface area contributed by atoms with Crippen LogP contribution in [0.2, 0.25) is 5.02 Å². The lowest BCUT2D eigenvalue weighted by Gasteiger charge is -2.35. The first kappa shape index (κ1) is 24.4. The first-order valence-electron chi connectivity index (χ1n) is 11.6. The lowest BCUT2D eigenvalue weighted by atomic mass is 9.96. The maximum atomic E-state index is 14.0. The lowest BCUT2D eigenvalue weighted by molar-refractivity contribution is -0.173. The standard InChI is InChI=1S/C25H24ClF4N5O/c1-15-2-4-16(5-3-15)19-14-20(25(28,29)30)35-23(31-19)21(26)22(32-35)24(36)34-12-10-33(11-13-34)18-8-6-17(27)7-9-18/h2-9,19-20,31H,10-14H2,1H3/t19-,20-/m1/s1. The summed E-state index contributed by atoms with van der Waals surface area (Å²) in [6, 6.07) is 10.8. The summed E-state index contributed by atoms with van der Waals surface area (Å²) in [4.78, 5) is 16.8. The van der Waals surface area contributed by atoms with Gasteiger partial charge in [0.05, 0.1) is 6.04 Å². The number of nitrogens with one attached hydrogen (secondary N) is 1. The van der Waals surface area contributed by atoms with Crippen LogP contribution in [0.1, 0.15) is 40.1 Å². The van der Waals surface area contributed by atoms with Crippen LogP contribution in [0.3, 0.4) is 0 Å². The van der Waals surface area contributed by atoms with Crippen LogP contribution >= 0.6 is 11.6 Å². The highest BCUT2D eigenvalue weighted by Gasteiger charge is 2.48. The largest absolute Gasteiger partial charge is 0.410 e. The highest BCUT2D eigenvalue weighted by atomic mass is 35.5. The first-order chi connectivity index (χ1) is 17.1. The molecule has 0 spiro atoms. The van der Waals surface area contributed by atoms with E-state index in [1.54, 1.807) is 24.3 Å². The number of hydrogen-bond donors (Lipinski definition) is 1. The molecule has 6 nitrogen and oxygen atoms in total. The van der Waals surface area contributed by atoms with Crippen LogP contribution in [-0.4, -0.2) is 52.9 Å². The fourth-order valence-electron chi connectivity index (χ4n) is 4.71. The second kappa shape index (κ2) is 9.31. The lowest BCUT2D eigenvalue weighted by Crippen LogP contribution is -2.49. The number of hydrogen-bond acceptors (Lipinski definition) is 4. The average molecular weight is 522 g/mol. The van der Waals surface area contributed by atoms with E-state index in [4.69, 9.17) is 11.6 Å². The van der Waals surface area contributed by atoms with E-state index < -0.39 is 24.2 Å². The summed E-state index contributed by atoms with van der Waals surface area (Å²) in [6.45, 7) is 3.54. The second-order valence-electron chi connectivity index (χ2n) is 9.11. The molecule has 2 atom stereocenters. The van der Waals surface area contributed by atoms with E-state index >= 15 is 0 Å². The van der Waals surface area contributed by atoms with E-state index in [9.17, 15) is 22.4 Å². The fourth-order valence-corrected chi connectivity index (χ4v) is 4.97. The smallest absolute Gasteiger partial charge is 0.368 e. The van der Waals surface area contributed by atoms with Crippen LogP contribution in [0, 0.1) is 12.7 Å². The van der Waals surface area contributed by atoms with Crippen molar-refractivity contribution in [1.82, 2.24) is 14.7 Å². The van der Waals surface area contributed by atoms with Gasteiger partial charge in [-0.15, -0.1) is 0 Å². The SMILES string of the molecule is Cc1ccc([C@H]2C[C@H](C(F)(F)F)n3nc(C(=O)N4CCN(c5ccc(F)cc5)CC4)c(Cl)c3N2)cc1. The molecule has 1 N–H and O–H groups in total. The zero-order valence-electron chi connectivity index (χ0n) is 19.4. The van der Waals surface area contributed by atoms with Crippen molar-refractivity contribution in [3.63, 3.8) is 0 Å². The van der Waals surface area contributed by atoms with Crippen LogP contribution in [0.4, 0.5) is 29.1 Å². The Balaban J connectivity index is 1.38. The van der Waals surface area contributed by atoms with Gasteiger partial charge in [-0.3, -0.25) is 4.79 Å². The van der Waals surface area contributed by atoms with Crippen LogP contribution in [0.5, 0.6) is 0 Å². The predicted molar refractivity (Wildman–Crippen MR) is 129 cm³/mol. The van der Waals surface area contributed by atoms with Crippen molar-refractivity contribution in [2.45, 2.75) is 31.6 Å². The summed E-state index contributed by atoms with van der Waals surface area (Å²) >= 11 is 6.48. The van der Waals surface area contributed by atoms with Gasteiger partial charge >= 0.3 is 6.18 Å². The highest BCUT2D eigenvalue weighted by molar-refractivity contribution is 6.36. The van der Waals surface area contributed by atoms with Gasteiger partial charge in [0.25, 0.3) is 5.91 Å². The Labute approximate surface area is 210 Å². The van der Waals surface area contributed by atoms with Crippen molar-refractivity contribution in [2.24, 2.45) is 0 Å². The van der Waals surface area contributed by atoms with Crippen LogP contribution in [0.25, 0.3) is 0 Å². The summed E-state index contributed by atoms with van der Waals surface area (Å²) in [5, 5.41) is 7.01. The van der Waals surface area contributed by atoms with Crippen LogP contribution in [0.15, 0.2) is 48.5 Å². The van der Waals surface area contributed by atoms with Crippen LogP contribution in [-0.2, 0) is 0 Å².